The van der Waals surface area contributed by atoms with Gasteiger partial charge < -0.3 is 7.57 Å². The highest BCUT2D eigenvalue weighted by atomic mass is 32.2. The third-order valence-corrected chi connectivity index (χ3v) is 5.67. The predicted molar refractivity (Wildman–Crippen MR) is 54.6 cm³/mol. The molecule has 0 saturated carbocycles. The Bertz CT molecular complexity index is 223. The average molecular weight is 209 g/mol. The smallest absolute Gasteiger partial charge is 0.267 e. The van der Waals surface area contributed by atoms with E-state index in [9.17, 15) is 8.42 Å². The van der Waals surface area contributed by atoms with Crippen molar-refractivity contribution in [3.63, 3.8) is 0 Å². The molecule has 71 valence electrons. The first kappa shape index (κ1) is 12.4. The van der Waals surface area contributed by atoms with Gasteiger partial charge in [-0.05, 0) is 13.8 Å². The molecule has 0 fully saturated rings. The Labute approximate surface area is 76.7 Å². The van der Waals surface area contributed by atoms with Crippen LogP contribution >= 0.6 is 7.14 Å². The summed E-state index contributed by atoms with van der Waals surface area (Å²) < 4.78 is 26.0. The molecule has 0 aromatic rings. The minimum Gasteiger partial charge on any atom is -0.303 e. The third-order valence-electron chi connectivity index (χ3n) is 1.78. The van der Waals surface area contributed by atoms with Gasteiger partial charge in [-0.15, -0.1) is 0 Å². The molecule has 0 heterocycles. The van der Waals surface area contributed by atoms with Gasteiger partial charge in [-0.25, -0.2) is 11.3 Å². The highest BCUT2D eigenvalue weighted by molar-refractivity contribution is 7.97. The molecule has 0 bridgehead atoms. The Hall–Kier alpha value is 0.405. The molecule has 0 saturated heterocycles. The molecule has 0 atom stereocenters. The maximum Gasteiger partial charge on any atom is 0.267 e. The Morgan fingerprint density at radius 1 is 1.33 bits per heavy atom. The average Bonchev–Trinajstić information content (AvgIpc) is 1.99. The summed E-state index contributed by atoms with van der Waals surface area (Å²) in [5, 5.41) is 0. The molecule has 0 aliphatic carbocycles. The third kappa shape index (κ3) is 5.12. The van der Waals surface area contributed by atoms with Gasteiger partial charge in [0.05, 0.1) is 6.26 Å². The zero-order valence-electron chi connectivity index (χ0n) is 7.78. The van der Waals surface area contributed by atoms with Crippen molar-refractivity contribution < 1.29 is 12.6 Å². The summed E-state index contributed by atoms with van der Waals surface area (Å²) in [6.45, 7) is 3.92. The molecule has 0 aromatic heterocycles. The van der Waals surface area contributed by atoms with Gasteiger partial charge in [0.25, 0.3) is 10.1 Å². The van der Waals surface area contributed by atoms with Crippen molar-refractivity contribution in [2.24, 2.45) is 0 Å². The van der Waals surface area contributed by atoms with Gasteiger partial charge in [-0.2, -0.15) is 8.42 Å². The number of hydrogen-bond acceptors (Lipinski definition) is 3. The monoisotopic (exact) mass is 209 g/mol. The van der Waals surface area contributed by atoms with Crippen molar-refractivity contribution >= 4 is 24.8 Å². The Morgan fingerprint density at radius 2 is 1.75 bits per heavy atom. The number of hydrogen-bond donors (Lipinski definition) is 0. The highest BCUT2D eigenvalue weighted by Crippen LogP contribution is 2.52. The molecule has 3 radical (unpaired) electrons. The molecular formula is C6H15BO3PS. The maximum atomic E-state index is 10.6. The van der Waals surface area contributed by atoms with Crippen molar-refractivity contribution in [3.8, 4) is 0 Å². The lowest BCUT2D eigenvalue weighted by molar-refractivity contribution is 0.381. The Kier molecular flexibility index (Phi) is 4.74. The molecule has 6 heteroatoms. The standard InChI is InChI=1S/C6H15BO3PS/c1-4-11(7,5-2)6-10-12(3,8)9/h4-6H2,1-3H3. The van der Waals surface area contributed by atoms with E-state index in [0.29, 0.717) is 0 Å². The minimum absolute atomic E-state index is 0.179. The van der Waals surface area contributed by atoms with E-state index in [-0.39, 0.29) is 6.35 Å². The molecule has 0 rings (SSSR count). The fourth-order valence-electron chi connectivity index (χ4n) is 0.607. The quantitative estimate of drug-likeness (QED) is 0.386. The lowest BCUT2D eigenvalue weighted by Gasteiger charge is -2.32. The molecule has 0 unspecified atom stereocenters. The van der Waals surface area contributed by atoms with E-state index >= 15 is 0 Å². The van der Waals surface area contributed by atoms with E-state index in [1.54, 1.807) is 0 Å². The Morgan fingerprint density at radius 3 is 2.00 bits per heavy atom. The second-order valence-electron chi connectivity index (χ2n) is 2.80. The predicted octanol–water partition coefficient (Wildman–Crippen LogP) is 1.06. The summed E-state index contributed by atoms with van der Waals surface area (Å²) in [5.74, 6) is 0. The van der Waals surface area contributed by atoms with Crippen LogP contribution in [0.25, 0.3) is 0 Å². The zero-order valence-corrected chi connectivity index (χ0v) is 9.49. The molecule has 0 spiro atoms. The molecule has 3 nitrogen and oxygen atoms in total. The summed E-state index contributed by atoms with van der Waals surface area (Å²) in [5.41, 5.74) is 0. The van der Waals surface area contributed by atoms with Crippen LogP contribution in [0.4, 0.5) is 0 Å². The van der Waals surface area contributed by atoms with Crippen LogP contribution in [0.3, 0.4) is 0 Å². The van der Waals surface area contributed by atoms with Crippen LogP contribution in [0.2, 0.25) is 0 Å². The second kappa shape index (κ2) is 4.59. The summed E-state index contributed by atoms with van der Waals surface area (Å²) in [6, 6.07) is 0. The van der Waals surface area contributed by atoms with E-state index in [0.717, 1.165) is 18.6 Å². The highest BCUT2D eigenvalue weighted by Gasteiger charge is 2.16. The minimum atomic E-state index is -3.33. The first-order chi connectivity index (χ1) is 5.33. The van der Waals surface area contributed by atoms with E-state index in [4.69, 9.17) is 7.57 Å². The van der Waals surface area contributed by atoms with Crippen molar-refractivity contribution in [1.82, 2.24) is 0 Å². The molecule has 0 N–H and O–H groups in total. The molecule has 0 amide bonds. The largest absolute Gasteiger partial charge is 0.303 e. The van der Waals surface area contributed by atoms with Crippen molar-refractivity contribution in [1.29, 1.82) is 0 Å². The van der Waals surface area contributed by atoms with Crippen molar-refractivity contribution in [2.45, 2.75) is 13.8 Å². The van der Waals surface area contributed by atoms with Gasteiger partial charge in [0.1, 0.15) is 6.35 Å². The van der Waals surface area contributed by atoms with Gasteiger partial charge in [0.15, 0.2) is 0 Å². The fraction of sp³-hybridized carbons (Fsp3) is 1.00. The van der Waals surface area contributed by atoms with E-state index in [1.807, 2.05) is 13.8 Å². The van der Waals surface area contributed by atoms with E-state index < -0.39 is 17.3 Å². The molecular weight excluding hydrogens is 194 g/mol. The molecule has 12 heavy (non-hydrogen) atoms. The SMILES string of the molecule is [B-][P+](CC)(CC)COS(C)(=O)=O. The van der Waals surface area contributed by atoms with Crippen LogP contribution in [0, 0.1) is 0 Å². The summed E-state index contributed by atoms with van der Waals surface area (Å²) in [6.07, 6.45) is 2.86. The Balaban J connectivity index is 4.07. The summed E-state index contributed by atoms with van der Waals surface area (Å²) in [4.78, 5) is 0. The van der Waals surface area contributed by atoms with Gasteiger partial charge in [-0.1, -0.05) is 0 Å². The topological polar surface area (TPSA) is 43.4 Å². The van der Waals surface area contributed by atoms with Crippen LogP contribution in [0.1, 0.15) is 13.8 Å². The first-order valence-electron chi connectivity index (χ1n) is 3.82. The van der Waals surface area contributed by atoms with Gasteiger partial charge in [0.2, 0.25) is 0 Å². The van der Waals surface area contributed by atoms with E-state index in [2.05, 4.69) is 4.18 Å². The van der Waals surface area contributed by atoms with E-state index in [1.165, 1.54) is 0 Å². The van der Waals surface area contributed by atoms with Gasteiger partial charge in [-0.3, -0.25) is 0 Å². The lowest BCUT2D eigenvalue weighted by atomic mass is 10.7. The van der Waals surface area contributed by atoms with Crippen molar-refractivity contribution in [3.05, 3.63) is 0 Å². The van der Waals surface area contributed by atoms with Crippen LogP contribution in [0.15, 0.2) is 0 Å². The first-order valence-corrected chi connectivity index (χ1v) is 8.05. The van der Waals surface area contributed by atoms with Crippen LogP contribution < -0.4 is 0 Å². The summed E-state index contributed by atoms with van der Waals surface area (Å²) >= 11 is 0. The lowest BCUT2D eigenvalue weighted by Crippen LogP contribution is -2.11. The van der Waals surface area contributed by atoms with Crippen LogP contribution in [0.5, 0.6) is 0 Å². The maximum absolute atomic E-state index is 10.6. The molecule has 0 aromatic carbocycles. The summed E-state index contributed by atoms with van der Waals surface area (Å²) in [7, 11) is 0.967. The second-order valence-corrected chi connectivity index (χ2v) is 8.41. The molecule has 0 aliphatic heterocycles. The van der Waals surface area contributed by atoms with Gasteiger partial charge >= 0.3 is 0 Å². The van der Waals surface area contributed by atoms with Crippen LogP contribution in [-0.2, 0) is 14.3 Å². The zero-order chi connectivity index (χ0) is 9.83. The fourth-order valence-corrected chi connectivity index (χ4v) is 3.02. The normalized spacial score (nSPS) is 13.3. The van der Waals surface area contributed by atoms with Crippen molar-refractivity contribution in [2.75, 3.05) is 24.9 Å². The molecule has 0 aliphatic rings. The number of rotatable bonds is 5. The van der Waals surface area contributed by atoms with Crippen LogP contribution in [-0.4, -0.2) is 40.9 Å². The van der Waals surface area contributed by atoms with Gasteiger partial charge in [0, 0.05) is 12.3 Å².